The summed E-state index contributed by atoms with van der Waals surface area (Å²) >= 11 is 7.29. The fraction of sp³-hybridized carbons (Fsp3) is 0.0588. The second kappa shape index (κ2) is 6.18. The summed E-state index contributed by atoms with van der Waals surface area (Å²) in [4.78, 5) is 0. The molecule has 0 amide bonds. The highest BCUT2D eigenvalue weighted by Gasteiger charge is 2.18. The molecule has 1 aromatic heterocycles. The average Bonchev–Trinajstić information content (AvgIpc) is 2.94. The van der Waals surface area contributed by atoms with Gasteiger partial charge in [0.05, 0.1) is 5.02 Å². The van der Waals surface area contributed by atoms with E-state index in [9.17, 15) is 5.26 Å². The maximum atomic E-state index is 9.46. The van der Waals surface area contributed by atoms with Crippen molar-refractivity contribution in [3.63, 3.8) is 0 Å². The fourth-order valence-corrected chi connectivity index (χ4v) is 2.91. The first-order valence-electron chi connectivity index (χ1n) is 6.58. The second-order valence-corrected chi connectivity index (χ2v) is 5.85. The van der Waals surface area contributed by atoms with Gasteiger partial charge >= 0.3 is 0 Å². The van der Waals surface area contributed by atoms with Gasteiger partial charge in [-0.25, -0.2) is 0 Å². The quantitative estimate of drug-likeness (QED) is 0.644. The van der Waals surface area contributed by atoms with Gasteiger partial charge in [0.25, 0.3) is 0 Å². The molecule has 0 aliphatic carbocycles. The van der Waals surface area contributed by atoms with Crippen molar-refractivity contribution in [3.8, 4) is 28.1 Å². The molecule has 3 aromatic rings. The third kappa shape index (κ3) is 2.82. The predicted molar refractivity (Wildman–Crippen MR) is 88.5 cm³/mol. The van der Waals surface area contributed by atoms with E-state index in [4.69, 9.17) is 16.3 Å². The molecule has 3 nitrogen and oxygen atoms in total. The summed E-state index contributed by atoms with van der Waals surface area (Å²) in [6.07, 6.45) is 0. The van der Waals surface area contributed by atoms with Gasteiger partial charge in [-0.15, -0.1) is 0 Å². The molecule has 0 fully saturated rings. The highest BCUT2D eigenvalue weighted by Crippen LogP contribution is 2.38. The molecule has 2 aromatic carbocycles. The van der Waals surface area contributed by atoms with Gasteiger partial charge in [-0.3, -0.25) is 0 Å². The molecule has 0 unspecified atom stereocenters. The van der Waals surface area contributed by atoms with E-state index in [-0.39, 0.29) is 0 Å². The van der Waals surface area contributed by atoms with Crippen LogP contribution in [0, 0.1) is 18.3 Å². The Balaban J connectivity index is 2.01. The summed E-state index contributed by atoms with van der Waals surface area (Å²) in [7, 11) is 0. The zero-order chi connectivity index (χ0) is 15.5. The topological polar surface area (TPSA) is 45.9 Å². The van der Waals surface area contributed by atoms with Crippen LogP contribution < -0.4 is 4.74 Å². The summed E-state index contributed by atoms with van der Waals surface area (Å²) in [6.45, 7) is 1.95. The average molecular weight is 327 g/mol. The van der Waals surface area contributed by atoms with Crippen molar-refractivity contribution >= 4 is 23.1 Å². The van der Waals surface area contributed by atoms with Crippen LogP contribution in [0.15, 0.2) is 48.5 Å². The van der Waals surface area contributed by atoms with Crippen molar-refractivity contribution in [2.75, 3.05) is 0 Å². The minimum atomic E-state index is 0.425. The molecular formula is C17H11ClN2OS. The number of aryl methyl sites for hydroxylation is 1. The molecule has 0 atom stereocenters. The lowest BCUT2D eigenvalue weighted by Crippen LogP contribution is -1.87. The standard InChI is InChI=1S/C17H11ClN2OS/c1-11-7-8-14(18)15(9-11)21-17-13(10-19)16(20-22-17)12-5-3-2-4-6-12/h2-9H,1H3. The van der Waals surface area contributed by atoms with Gasteiger partial charge in [-0.1, -0.05) is 48.0 Å². The van der Waals surface area contributed by atoms with Gasteiger partial charge in [0.2, 0.25) is 5.06 Å². The van der Waals surface area contributed by atoms with Crippen molar-refractivity contribution in [1.82, 2.24) is 4.37 Å². The van der Waals surface area contributed by atoms with Gasteiger partial charge in [-0.05, 0) is 24.6 Å². The van der Waals surface area contributed by atoms with Gasteiger partial charge in [0, 0.05) is 17.1 Å². The Bertz CT molecular complexity index is 853. The number of benzene rings is 2. The first kappa shape index (κ1) is 14.6. The zero-order valence-electron chi connectivity index (χ0n) is 11.7. The Morgan fingerprint density at radius 1 is 1.18 bits per heavy atom. The Kier molecular flexibility index (Phi) is 4.10. The third-order valence-corrected chi connectivity index (χ3v) is 4.15. The molecule has 0 aliphatic rings. The smallest absolute Gasteiger partial charge is 0.218 e. The summed E-state index contributed by atoms with van der Waals surface area (Å²) < 4.78 is 10.2. The van der Waals surface area contributed by atoms with Crippen LogP contribution in [0.5, 0.6) is 10.8 Å². The highest BCUT2D eigenvalue weighted by molar-refractivity contribution is 7.08. The normalized spacial score (nSPS) is 10.2. The number of rotatable bonds is 3. The van der Waals surface area contributed by atoms with Crippen LogP contribution in [-0.2, 0) is 0 Å². The molecule has 0 aliphatic heterocycles. The summed E-state index contributed by atoms with van der Waals surface area (Å²) in [5, 5.41) is 10.4. The molecule has 0 radical (unpaired) electrons. The van der Waals surface area contributed by atoms with Crippen LogP contribution in [0.2, 0.25) is 5.02 Å². The van der Waals surface area contributed by atoms with Gasteiger partial charge in [0.1, 0.15) is 23.1 Å². The molecule has 5 heteroatoms. The number of nitrogens with zero attached hydrogens (tertiary/aromatic N) is 2. The summed E-state index contributed by atoms with van der Waals surface area (Å²) in [5.74, 6) is 0.529. The number of ether oxygens (including phenoxy) is 1. The van der Waals surface area contributed by atoms with E-state index in [2.05, 4.69) is 10.4 Å². The number of hydrogen-bond acceptors (Lipinski definition) is 4. The van der Waals surface area contributed by atoms with Crippen LogP contribution in [0.25, 0.3) is 11.3 Å². The number of halogens is 1. The lowest BCUT2D eigenvalue weighted by atomic mass is 10.1. The molecule has 0 saturated heterocycles. The fourth-order valence-electron chi connectivity index (χ4n) is 2.03. The molecule has 108 valence electrons. The SMILES string of the molecule is Cc1ccc(Cl)c(Oc2snc(-c3ccccc3)c2C#N)c1. The van der Waals surface area contributed by atoms with E-state index in [1.165, 1.54) is 0 Å². The first-order valence-corrected chi connectivity index (χ1v) is 7.73. The van der Waals surface area contributed by atoms with Crippen LogP contribution >= 0.6 is 23.1 Å². The van der Waals surface area contributed by atoms with Crippen molar-refractivity contribution < 1.29 is 4.74 Å². The summed E-state index contributed by atoms with van der Waals surface area (Å²) in [6, 6.07) is 17.3. The van der Waals surface area contributed by atoms with E-state index >= 15 is 0 Å². The maximum absolute atomic E-state index is 9.46. The maximum Gasteiger partial charge on any atom is 0.218 e. The Morgan fingerprint density at radius 3 is 2.68 bits per heavy atom. The lowest BCUT2D eigenvalue weighted by molar-refractivity contribution is 0.495. The van der Waals surface area contributed by atoms with Crippen molar-refractivity contribution in [3.05, 3.63) is 64.7 Å². The van der Waals surface area contributed by atoms with Gasteiger partial charge in [0.15, 0.2) is 0 Å². The first-order chi connectivity index (χ1) is 10.7. The highest BCUT2D eigenvalue weighted by atomic mass is 35.5. The Labute approximate surface area is 137 Å². The minimum absolute atomic E-state index is 0.425. The molecular weight excluding hydrogens is 316 g/mol. The van der Waals surface area contributed by atoms with Crippen molar-refractivity contribution in [2.45, 2.75) is 6.92 Å². The summed E-state index contributed by atoms with van der Waals surface area (Å²) in [5.41, 5.74) is 2.98. The van der Waals surface area contributed by atoms with Crippen LogP contribution in [0.3, 0.4) is 0 Å². The largest absolute Gasteiger partial charge is 0.442 e. The van der Waals surface area contributed by atoms with E-state index in [1.54, 1.807) is 6.07 Å². The van der Waals surface area contributed by atoms with Crippen LogP contribution in [0.1, 0.15) is 11.1 Å². The van der Waals surface area contributed by atoms with Crippen molar-refractivity contribution in [2.24, 2.45) is 0 Å². The van der Waals surface area contributed by atoms with Crippen LogP contribution in [0.4, 0.5) is 0 Å². The number of nitriles is 1. The number of hydrogen-bond donors (Lipinski definition) is 0. The Hall–Kier alpha value is -2.35. The molecule has 0 saturated carbocycles. The van der Waals surface area contributed by atoms with Gasteiger partial charge in [-0.2, -0.15) is 9.64 Å². The van der Waals surface area contributed by atoms with E-state index < -0.39 is 0 Å². The minimum Gasteiger partial charge on any atom is -0.442 e. The zero-order valence-corrected chi connectivity index (χ0v) is 13.3. The molecule has 3 rings (SSSR count). The molecule has 0 spiro atoms. The molecule has 0 N–H and O–H groups in total. The second-order valence-electron chi connectivity index (χ2n) is 4.71. The predicted octanol–water partition coefficient (Wildman–Crippen LogP) is 5.44. The van der Waals surface area contributed by atoms with E-state index in [0.29, 0.717) is 27.1 Å². The van der Waals surface area contributed by atoms with Crippen molar-refractivity contribution in [1.29, 1.82) is 5.26 Å². The third-order valence-electron chi connectivity index (χ3n) is 3.11. The van der Waals surface area contributed by atoms with E-state index in [1.807, 2.05) is 49.4 Å². The Morgan fingerprint density at radius 2 is 1.95 bits per heavy atom. The molecule has 1 heterocycles. The van der Waals surface area contributed by atoms with E-state index in [0.717, 1.165) is 22.7 Å². The van der Waals surface area contributed by atoms with Gasteiger partial charge < -0.3 is 4.74 Å². The lowest BCUT2D eigenvalue weighted by Gasteiger charge is -2.06. The molecule has 22 heavy (non-hydrogen) atoms. The monoisotopic (exact) mass is 326 g/mol. The number of aromatic nitrogens is 1. The van der Waals surface area contributed by atoms with Crippen LogP contribution in [-0.4, -0.2) is 4.37 Å². The molecule has 0 bridgehead atoms.